The van der Waals surface area contributed by atoms with Gasteiger partial charge in [0, 0.05) is 13.6 Å². The number of likely N-dealkylation sites (N-methyl/N-ethyl adjacent to an activating group) is 1. The Balaban J connectivity index is 3.88. The van der Waals surface area contributed by atoms with Gasteiger partial charge < -0.3 is 15.5 Å². The fourth-order valence-electron chi connectivity index (χ4n) is 1.63. The lowest BCUT2D eigenvalue weighted by Gasteiger charge is -2.23. The van der Waals surface area contributed by atoms with Crippen LogP contribution in [0.4, 0.5) is 0 Å². The van der Waals surface area contributed by atoms with Crippen LogP contribution in [0.2, 0.25) is 0 Å². The monoisotopic (exact) mass is 229 g/mol. The van der Waals surface area contributed by atoms with E-state index in [1.54, 1.807) is 4.90 Å². The summed E-state index contributed by atoms with van der Waals surface area (Å²) in [7, 11) is 5.90. The first-order valence-corrected chi connectivity index (χ1v) is 6.00. The molecule has 0 heterocycles. The van der Waals surface area contributed by atoms with Crippen LogP contribution in [-0.4, -0.2) is 56.0 Å². The number of carbonyl (C=O) groups excluding carboxylic acids is 1. The van der Waals surface area contributed by atoms with Crippen molar-refractivity contribution in [2.24, 2.45) is 11.7 Å². The fourth-order valence-corrected chi connectivity index (χ4v) is 1.63. The highest BCUT2D eigenvalue weighted by Gasteiger charge is 2.18. The lowest BCUT2D eigenvalue weighted by molar-refractivity contribution is -0.131. The topological polar surface area (TPSA) is 49.6 Å². The molecule has 0 bridgehead atoms. The van der Waals surface area contributed by atoms with E-state index < -0.39 is 0 Å². The molecule has 4 heteroatoms. The van der Waals surface area contributed by atoms with Gasteiger partial charge in [0.15, 0.2) is 0 Å². The molecule has 0 aliphatic rings. The minimum absolute atomic E-state index is 0.0625. The first kappa shape index (κ1) is 15.4. The maximum Gasteiger partial charge on any atom is 0.239 e. The summed E-state index contributed by atoms with van der Waals surface area (Å²) in [4.78, 5) is 15.7. The van der Waals surface area contributed by atoms with Crippen molar-refractivity contribution in [1.29, 1.82) is 0 Å². The van der Waals surface area contributed by atoms with E-state index in [0.29, 0.717) is 5.92 Å². The number of nitrogens with two attached hydrogens (primary N) is 1. The molecule has 0 aromatic heterocycles. The summed E-state index contributed by atoms with van der Waals surface area (Å²) < 4.78 is 0. The number of nitrogens with zero attached hydrogens (tertiary/aromatic N) is 2. The van der Waals surface area contributed by atoms with Gasteiger partial charge in [-0.2, -0.15) is 0 Å². The highest BCUT2D eigenvalue weighted by molar-refractivity contribution is 5.81. The Kier molecular flexibility index (Phi) is 7.34. The molecule has 0 aliphatic heterocycles. The van der Waals surface area contributed by atoms with Crippen molar-refractivity contribution in [3.8, 4) is 0 Å². The summed E-state index contributed by atoms with van der Waals surface area (Å²) in [6.45, 7) is 5.94. The molecular formula is C12H27N3O. The maximum atomic E-state index is 11.8. The summed E-state index contributed by atoms with van der Waals surface area (Å²) in [5, 5.41) is 0. The van der Waals surface area contributed by atoms with Crippen LogP contribution >= 0.6 is 0 Å². The zero-order chi connectivity index (χ0) is 12.7. The lowest BCUT2D eigenvalue weighted by atomic mass is 10.0. The summed E-state index contributed by atoms with van der Waals surface area (Å²) in [6.07, 6.45) is 1.75. The van der Waals surface area contributed by atoms with E-state index in [0.717, 1.165) is 25.9 Å². The summed E-state index contributed by atoms with van der Waals surface area (Å²) in [5.41, 5.74) is 5.85. The van der Waals surface area contributed by atoms with Crippen LogP contribution in [0.3, 0.4) is 0 Å². The molecule has 16 heavy (non-hydrogen) atoms. The second-order valence-corrected chi connectivity index (χ2v) is 5.15. The first-order chi connectivity index (χ1) is 7.34. The lowest BCUT2D eigenvalue weighted by Crippen LogP contribution is -2.43. The molecular weight excluding hydrogens is 202 g/mol. The van der Waals surface area contributed by atoms with Crippen LogP contribution in [0.25, 0.3) is 0 Å². The molecule has 0 aliphatic carbocycles. The van der Waals surface area contributed by atoms with Gasteiger partial charge in [0.25, 0.3) is 0 Å². The minimum Gasteiger partial charge on any atom is -0.344 e. The zero-order valence-electron chi connectivity index (χ0n) is 11.4. The Labute approximate surface area is 99.8 Å². The fraction of sp³-hybridized carbons (Fsp3) is 0.917. The van der Waals surface area contributed by atoms with Crippen molar-refractivity contribution in [1.82, 2.24) is 9.80 Å². The third-order valence-electron chi connectivity index (χ3n) is 2.52. The van der Waals surface area contributed by atoms with Gasteiger partial charge in [0.2, 0.25) is 5.91 Å². The molecule has 0 aromatic rings. The van der Waals surface area contributed by atoms with Crippen molar-refractivity contribution in [2.45, 2.75) is 32.7 Å². The largest absolute Gasteiger partial charge is 0.344 e. The van der Waals surface area contributed by atoms with Crippen LogP contribution in [0.1, 0.15) is 26.7 Å². The van der Waals surface area contributed by atoms with Crippen LogP contribution in [0.5, 0.6) is 0 Å². The Morgan fingerprint density at radius 1 is 1.19 bits per heavy atom. The molecule has 0 unspecified atom stereocenters. The average Bonchev–Trinajstić information content (AvgIpc) is 2.14. The van der Waals surface area contributed by atoms with Crippen molar-refractivity contribution < 1.29 is 4.79 Å². The first-order valence-electron chi connectivity index (χ1n) is 6.00. The van der Waals surface area contributed by atoms with Crippen LogP contribution in [0.15, 0.2) is 0 Å². The molecule has 1 amide bonds. The molecule has 0 fully saturated rings. The standard InChI is InChI=1S/C12H27N3O/c1-10(2)9-11(13)12(16)15(5)8-6-7-14(3)4/h10-11H,6-9,13H2,1-5H3/t11-/m1/s1. The van der Waals surface area contributed by atoms with Crippen molar-refractivity contribution in [2.75, 3.05) is 34.2 Å². The van der Waals surface area contributed by atoms with Crippen molar-refractivity contribution >= 4 is 5.91 Å². The molecule has 96 valence electrons. The molecule has 1 atom stereocenters. The SMILES string of the molecule is CC(C)C[C@@H](N)C(=O)N(C)CCCN(C)C. The van der Waals surface area contributed by atoms with Gasteiger partial charge in [0.1, 0.15) is 0 Å². The zero-order valence-corrected chi connectivity index (χ0v) is 11.4. The summed E-state index contributed by atoms with van der Waals surface area (Å²) in [6, 6.07) is -0.343. The maximum absolute atomic E-state index is 11.8. The van der Waals surface area contributed by atoms with E-state index in [9.17, 15) is 4.79 Å². The van der Waals surface area contributed by atoms with Gasteiger partial charge in [-0.05, 0) is 39.4 Å². The normalized spacial score (nSPS) is 13.2. The van der Waals surface area contributed by atoms with Crippen molar-refractivity contribution in [3.05, 3.63) is 0 Å². The van der Waals surface area contributed by atoms with Crippen LogP contribution in [-0.2, 0) is 4.79 Å². The minimum atomic E-state index is -0.343. The van der Waals surface area contributed by atoms with Gasteiger partial charge in [-0.15, -0.1) is 0 Å². The second kappa shape index (κ2) is 7.63. The highest BCUT2D eigenvalue weighted by atomic mass is 16.2. The summed E-state index contributed by atoms with van der Waals surface area (Å²) in [5.74, 6) is 0.529. The van der Waals surface area contributed by atoms with Gasteiger partial charge >= 0.3 is 0 Å². The van der Waals surface area contributed by atoms with Crippen molar-refractivity contribution in [3.63, 3.8) is 0 Å². The quantitative estimate of drug-likeness (QED) is 0.701. The number of hydrogen-bond donors (Lipinski definition) is 1. The van der Waals surface area contributed by atoms with Gasteiger partial charge in [-0.1, -0.05) is 13.8 Å². The number of hydrogen-bond acceptors (Lipinski definition) is 3. The van der Waals surface area contributed by atoms with E-state index in [1.165, 1.54) is 0 Å². The molecule has 0 saturated heterocycles. The molecule has 0 aromatic carbocycles. The molecule has 0 rings (SSSR count). The van der Waals surface area contributed by atoms with Crippen LogP contribution < -0.4 is 5.73 Å². The van der Waals surface area contributed by atoms with E-state index >= 15 is 0 Å². The van der Waals surface area contributed by atoms with E-state index in [4.69, 9.17) is 5.73 Å². The Hall–Kier alpha value is -0.610. The predicted molar refractivity (Wildman–Crippen MR) is 68.2 cm³/mol. The Morgan fingerprint density at radius 2 is 1.75 bits per heavy atom. The third kappa shape index (κ3) is 6.80. The van der Waals surface area contributed by atoms with Crippen LogP contribution in [0, 0.1) is 5.92 Å². The third-order valence-corrected chi connectivity index (χ3v) is 2.52. The second-order valence-electron chi connectivity index (χ2n) is 5.15. The Bertz CT molecular complexity index is 204. The predicted octanol–water partition coefficient (Wildman–Crippen LogP) is 0.770. The van der Waals surface area contributed by atoms with Gasteiger partial charge in [-0.25, -0.2) is 0 Å². The number of carbonyl (C=O) groups is 1. The van der Waals surface area contributed by atoms with E-state index in [2.05, 4.69) is 18.7 Å². The average molecular weight is 229 g/mol. The molecule has 0 spiro atoms. The van der Waals surface area contributed by atoms with E-state index in [-0.39, 0.29) is 11.9 Å². The van der Waals surface area contributed by atoms with Gasteiger partial charge in [-0.3, -0.25) is 4.79 Å². The molecule has 2 N–H and O–H groups in total. The number of rotatable bonds is 7. The molecule has 4 nitrogen and oxygen atoms in total. The van der Waals surface area contributed by atoms with E-state index in [1.807, 2.05) is 21.1 Å². The smallest absolute Gasteiger partial charge is 0.239 e. The Morgan fingerprint density at radius 3 is 2.19 bits per heavy atom. The number of amides is 1. The highest BCUT2D eigenvalue weighted by Crippen LogP contribution is 2.05. The molecule has 0 saturated carbocycles. The molecule has 0 radical (unpaired) electrons. The summed E-state index contributed by atoms with van der Waals surface area (Å²) >= 11 is 0. The van der Waals surface area contributed by atoms with Gasteiger partial charge in [0.05, 0.1) is 6.04 Å².